The standard InChI is InChI=1S/C16H25N3O/c1-13-6-8-14(9-7-13)18-16(20)12-19(11-10-17)15-4-2-3-5-15/h6-9,15H,2-5,10-12,17H2,1H3,(H,18,20). The van der Waals surface area contributed by atoms with E-state index >= 15 is 0 Å². The van der Waals surface area contributed by atoms with E-state index in [1.807, 2.05) is 31.2 Å². The summed E-state index contributed by atoms with van der Waals surface area (Å²) < 4.78 is 0. The van der Waals surface area contributed by atoms with E-state index in [-0.39, 0.29) is 5.91 Å². The molecule has 0 bridgehead atoms. The Labute approximate surface area is 121 Å². The van der Waals surface area contributed by atoms with Gasteiger partial charge < -0.3 is 11.1 Å². The fraction of sp³-hybridized carbons (Fsp3) is 0.562. The zero-order valence-corrected chi connectivity index (χ0v) is 12.3. The van der Waals surface area contributed by atoms with E-state index in [1.54, 1.807) is 0 Å². The van der Waals surface area contributed by atoms with Gasteiger partial charge >= 0.3 is 0 Å². The van der Waals surface area contributed by atoms with Gasteiger partial charge in [-0.05, 0) is 31.9 Å². The van der Waals surface area contributed by atoms with E-state index < -0.39 is 0 Å². The second kappa shape index (κ2) is 7.41. The van der Waals surface area contributed by atoms with Crippen LogP contribution in [0.15, 0.2) is 24.3 Å². The predicted octanol–water partition coefficient (Wildman–Crippen LogP) is 2.14. The van der Waals surface area contributed by atoms with Crippen LogP contribution < -0.4 is 11.1 Å². The number of carbonyl (C=O) groups excluding carboxylic acids is 1. The molecule has 0 aromatic heterocycles. The third-order valence-corrected chi connectivity index (χ3v) is 3.94. The molecule has 0 radical (unpaired) electrons. The first-order valence-corrected chi connectivity index (χ1v) is 7.49. The van der Waals surface area contributed by atoms with Crippen molar-refractivity contribution in [2.75, 3.05) is 25.0 Å². The van der Waals surface area contributed by atoms with Gasteiger partial charge in [0.25, 0.3) is 0 Å². The molecule has 3 N–H and O–H groups in total. The molecule has 1 amide bonds. The first kappa shape index (κ1) is 15.0. The van der Waals surface area contributed by atoms with Crippen molar-refractivity contribution in [1.29, 1.82) is 0 Å². The zero-order valence-electron chi connectivity index (χ0n) is 12.3. The van der Waals surface area contributed by atoms with Crippen molar-refractivity contribution in [1.82, 2.24) is 4.90 Å². The first-order valence-electron chi connectivity index (χ1n) is 7.49. The van der Waals surface area contributed by atoms with Gasteiger partial charge in [-0.15, -0.1) is 0 Å². The molecule has 1 aliphatic carbocycles. The Balaban J connectivity index is 1.88. The molecular formula is C16H25N3O. The molecule has 1 aromatic rings. The van der Waals surface area contributed by atoms with Gasteiger partial charge in [-0.2, -0.15) is 0 Å². The molecule has 0 saturated heterocycles. The summed E-state index contributed by atoms with van der Waals surface area (Å²) in [6, 6.07) is 8.42. The number of hydrogen-bond donors (Lipinski definition) is 2. The molecule has 0 atom stereocenters. The number of hydrogen-bond acceptors (Lipinski definition) is 3. The molecule has 1 saturated carbocycles. The van der Waals surface area contributed by atoms with E-state index in [0.29, 0.717) is 19.1 Å². The van der Waals surface area contributed by atoms with Gasteiger partial charge in [0, 0.05) is 24.8 Å². The minimum absolute atomic E-state index is 0.0502. The smallest absolute Gasteiger partial charge is 0.238 e. The summed E-state index contributed by atoms with van der Waals surface area (Å²) in [5, 5.41) is 2.96. The largest absolute Gasteiger partial charge is 0.329 e. The summed E-state index contributed by atoms with van der Waals surface area (Å²) in [4.78, 5) is 14.4. The number of amides is 1. The Bertz CT molecular complexity index is 424. The fourth-order valence-electron chi connectivity index (χ4n) is 2.85. The molecule has 4 nitrogen and oxygen atoms in total. The third-order valence-electron chi connectivity index (χ3n) is 3.94. The zero-order chi connectivity index (χ0) is 14.4. The highest BCUT2D eigenvalue weighted by Crippen LogP contribution is 2.23. The maximum Gasteiger partial charge on any atom is 0.238 e. The van der Waals surface area contributed by atoms with Crippen molar-refractivity contribution in [3.05, 3.63) is 29.8 Å². The molecule has 20 heavy (non-hydrogen) atoms. The van der Waals surface area contributed by atoms with Crippen LogP contribution in [-0.2, 0) is 4.79 Å². The molecule has 110 valence electrons. The molecule has 1 aromatic carbocycles. The number of anilines is 1. The van der Waals surface area contributed by atoms with Crippen LogP contribution in [0.5, 0.6) is 0 Å². The van der Waals surface area contributed by atoms with Crippen molar-refractivity contribution in [2.45, 2.75) is 38.6 Å². The molecule has 0 unspecified atom stereocenters. The number of nitrogens with zero attached hydrogens (tertiary/aromatic N) is 1. The Morgan fingerprint density at radius 3 is 2.55 bits per heavy atom. The Morgan fingerprint density at radius 2 is 1.95 bits per heavy atom. The molecule has 1 fully saturated rings. The number of rotatable bonds is 6. The van der Waals surface area contributed by atoms with Gasteiger partial charge in [-0.3, -0.25) is 9.69 Å². The highest BCUT2D eigenvalue weighted by atomic mass is 16.2. The van der Waals surface area contributed by atoms with Gasteiger partial charge in [0.15, 0.2) is 0 Å². The van der Waals surface area contributed by atoms with E-state index in [2.05, 4.69) is 10.2 Å². The average molecular weight is 275 g/mol. The molecular weight excluding hydrogens is 250 g/mol. The van der Waals surface area contributed by atoms with Crippen LogP contribution in [0.25, 0.3) is 0 Å². The van der Waals surface area contributed by atoms with Crippen molar-refractivity contribution in [3.63, 3.8) is 0 Å². The van der Waals surface area contributed by atoms with Gasteiger partial charge in [-0.1, -0.05) is 30.5 Å². The molecule has 2 rings (SSSR count). The molecule has 0 spiro atoms. The van der Waals surface area contributed by atoms with Gasteiger partial charge in [0.05, 0.1) is 6.54 Å². The van der Waals surface area contributed by atoms with Crippen LogP contribution in [0.4, 0.5) is 5.69 Å². The highest BCUT2D eigenvalue weighted by molar-refractivity contribution is 5.92. The summed E-state index contributed by atoms with van der Waals surface area (Å²) in [5.41, 5.74) is 7.72. The average Bonchev–Trinajstić information content (AvgIpc) is 2.95. The molecule has 4 heteroatoms. The number of benzene rings is 1. The SMILES string of the molecule is Cc1ccc(NC(=O)CN(CCN)C2CCCC2)cc1. The summed E-state index contributed by atoms with van der Waals surface area (Å²) in [5.74, 6) is 0.0502. The summed E-state index contributed by atoms with van der Waals surface area (Å²) in [6.45, 7) is 3.88. The van der Waals surface area contributed by atoms with Crippen molar-refractivity contribution < 1.29 is 4.79 Å². The van der Waals surface area contributed by atoms with Gasteiger partial charge in [-0.25, -0.2) is 0 Å². The van der Waals surface area contributed by atoms with Crippen LogP contribution in [0, 0.1) is 6.92 Å². The van der Waals surface area contributed by atoms with Crippen LogP contribution in [0.1, 0.15) is 31.2 Å². The normalized spacial score (nSPS) is 15.8. The van der Waals surface area contributed by atoms with E-state index in [1.165, 1.54) is 31.2 Å². The number of nitrogens with one attached hydrogen (secondary N) is 1. The minimum atomic E-state index is 0.0502. The van der Waals surface area contributed by atoms with Crippen molar-refractivity contribution >= 4 is 11.6 Å². The third kappa shape index (κ3) is 4.32. The lowest BCUT2D eigenvalue weighted by molar-refractivity contribution is -0.117. The monoisotopic (exact) mass is 275 g/mol. The Kier molecular flexibility index (Phi) is 5.56. The summed E-state index contributed by atoms with van der Waals surface area (Å²) in [6.07, 6.45) is 4.92. The quantitative estimate of drug-likeness (QED) is 0.836. The van der Waals surface area contributed by atoms with Gasteiger partial charge in [0.1, 0.15) is 0 Å². The number of carbonyl (C=O) groups is 1. The summed E-state index contributed by atoms with van der Waals surface area (Å²) in [7, 11) is 0. The molecule has 0 heterocycles. The highest BCUT2D eigenvalue weighted by Gasteiger charge is 2.23. The number of nitrogens with two attached hydrogens (primary N) is 1. The van der Waals surface area contributed by atoms with E-state index in [0.717, 1.165) is 12.2 Å². The van der Waals surface area contributed by atoms with Crippen LogP contribution >= 0.6 is 0 Å². The lowest BCUT2D eigenvalue weighted by Gasteiger charge is -2.27. The lowest BCUT2D eigenvalue weighted by Crippen LogP contribution is -2.42. The maximum absolute atomic E-state index is 12.1. The van der Waals surface area contributed by atoms with Crippen molar-refractivity contribution in [3.8, 4) is 0 Å². The van der Waals surface area contributed by atoms with E-state index in [9.17, 15) is 4.79 Å². The lowest BCUT2D eigenvalue weighted by atomic mass is 10.2. The van der Waals surface area contributed by atoms with Crippen LogP contribution in [-0.4, -0.2) is 36.5 Å². The first-order chi connectivity index (χ1) is 9.69. The minimum Gasteiger partial charge on any atom is -0.329 e. The van der Waals surface area contributed by atoms with Crippen LogP contribution in [0.3, 0.4) is 0 Å². The summed E-state index contributed by atoms with van der Waals surface area (Å²) >= 11 is 0. The molecule has 1 aliphatic rings. The Hall–Kier alpha value is -1.39. The maximum atomic E-state index is 12.1. The second-order valence-electron chi connectivity index (χ2n) is 5.61. The second-order valence-corrected chi connectivity index (χ2v) is 5.61. The topological polar surface area (TPSA) is 58.4 Å². The number of aryl methyl sites for hydroxylation is 1. The van der Waals surface area contributed by atoms with Crippen LogP contribution in [0.2, 0.25) is 0 Å². The van der Waals surface area contributed by atoms with Gasteiger partial charge in [0.2, 0.25) is 5.91 Å². The Morgan fingerprint density at radius 1 is 1.30 bits per heavy atom. The fourth-order valence-corrected chi connectivity index (χ4v) is 2.85. The van der Waals surface area contributed by atoms with E-state index in [4.69, 9.17) is 5.73 Å². The predicted molar refractivity (Wildman–Crippen MR) is 82.7 cm³/mol. The molecule has 0 aliphatic heterocycles. The van der Waals surface area contributed by atoms with Crippen molar-refractivity contribution in [2.24, 2.45) is 5.73 Å².